The van der Waals surface area contributed by atoms with E-state index in [1.807, 2.05) is 43.3 Å². The number of ether oxygens (including phenoxy) is 2. The summed E-state index contributed by atoms with van der Waals surface area (Å²) in [6.07, 6.45) is 0. The van der Waals surface area contributed by atoms with Crippen LogP contribution in [0.4, 0.5) is 0 Å². The number of thioether (sulfide) groups is 1. The Hall–Kier alpha value is -2.67. The first-order valence-electron chi connectivity index (χ1n) is 8.94. The molecule has 4 rings (SSSR count). The largest absolute Gasteiger partial charge is 0.454 e. The average Bonchev–Trinajstić information content (AvgIpc) is 3.29. The Kier molecular flexibility index (Phi) is 4.94. The lowest BCUT2D eigenvalue weighted by molar-refractivity contribution is -0.120. The van der Waals surface area contributed by atoms with Crippen molar-refractivity contribution in [2.45, 2.75) is 37.3 Å². The second-order valence-corrected chi connectivity index (χ2v) is 7.60. The number of carbonyl (C=O) groups is 1. The maximum absolute atomic E-state index is 12.5. The Labute approximate surface area is 161 Å². The number of benzene rings is 2. The standard InChI is InChI=1S/C20H21N3O3S/c1-3-23-16-7-5-4-6-15(16)22-20(23)27-13(2)19(24)21-11-14-8-9-17-18(10-14)26-12-25-17/h4-10,13H,3,11-12H2,1-2H3,(H,21,24)/t13-/m0/s1. The maximum atomic E-state index is 12.5. The van der Waals surface area contributed by atoms with Gasteiger partial charge >= 0.3 is 0 Å². The van der Waals surface area contributed by atoms with Crippen LogP contribution in [0.2, 0.25) is 0 Å². The number of imidazole rings is 1. The average molecular weight is 383 g/mol. The Morgan fingerprint density at radius 1 is 1.26 bits per heavy atom. The van der Waals surface area contributed by atoms with Crippen molar-refractivity contribution in [1.29, 1.82) is 0 Å². The van der Waals surface area contributed by atoms with Crippen molar-refractivity contribution >= 4 is 28.7 Å². The number of hydrogen-bond acceptors (Lipinski definition) is 5. The van der Waals surface area contributed by atoms with E-state index in [1.54, 1.807) is 0 Å². The molecule has 0 aliphatic carbocycles. The normalized spacial score (nSPS) is 13.7. The number of aromatic nitrogens is 2. The zero-order valence-electron chi connectivity index (χ0n) is 15.3. The van der Waals surface area contributed by atoms with E-state index in [-0.39, 0.29) is 18.0 Å². The van der Waals surface area contributed by atoms with Gasteiger partial charge in [-0.25, -0.2) is 4.98 Å². The highest BCUT2D eigenvalue weighted by Gasteiger charge is 2.19. The summed E-state index contributed by atoms with van der Waals surface area (Å²) in [5.41, 5.74) is 3.02. The van der Waals surface area contributed by atoms with Crippen LogP contribution in [0, 0.1) is 0 Å². The van der Waals surface area contributed by atoms with E-state index in [1.165, 1.54) is 11.8 Å². The van der Waals surface area contributed by atoms with Gasteiger partial charge in [0.2, 0.25) is 12.7 Å². The highest BCUT2D eigenvalue weighted by atomic mass is 32.2. The van der Waals surface area contributed by atoms with Crippen LogP contribution in [0.1, 0.15) is 19.4 Å². The molecule has 0 bridgehead atoms. The molecule has 27 heavy (non-hydrogen) atoms. The molecule has 3 aromatic rings. The van der Waals surface area contributed by atoms with Crippen LogP contribution in [-0.2, 0) is 17.9 Å². The highest BCUT2D eigenvalue weighted by molar-refractivity contribution is 8.00. The molecule has 1 aliphatic rings. The topological polar surface area (TPSA) is 65.4 Å². The molecule has 6 nitrogen and oxygen atoms in total. The number of rotatable bonds is 6. The number of aryl methyl sites for hydroxylation is 1. The van der Waals surface area contributed by atoms with Crippen molar-refractivity contribution < 1.29 is 14.3 Å². The summed E-state index contributed by atoms with van der Waals surface area (Å²) in [7, 11) is 0. The molecule has 1 atom stereocenters. The molecule has 1 N–H and O–H groups in total. The number of hydrogen-bond donors (Lipinski definition) is 1. The van der Waals surface area contributed by atoms with Gasteiger partial charge in [-0.2, -0.15) is 0 Å². The molecule has 1 aliphatic heterocycles. The highest BCUT2D eigenvalue weighted by Crippen LogP contribution is 2.32. The number of fused-ring (bicyclic) bond motifs is 2. The first-order valence-corrected chi connectivity index (χ1v) is 9.82. The lowest BCUT2D eigenvalue weighted by Crippen LogP contribution is -2.30. The van der Waals surface area contributed by atoms with Crippen molar-refractivity contribution in [3.05, 3.63) is 48.0 Å². The molecule has 0 unspecified atom stereocenters. The summed E-state index contributed by atoms with van der Waals surface area (Å²) in [4.78, 5) is 17.2. The summed E-state index contributed by atoms with van der Waals surface area (Å²) in [5, 5.41) is 3.60. The van der Waals surface area contributed by atoms with Gasteiger partial charge in [0, 0.05) is 13.1 Å². The molecule has 0 spiro atoms. The van der Waals surface area contributed by atoms with Crippen LogP contribution in [0.3, 0.4) is 0 Å². The van der Waals surface area contributed by atoms with E-state index in [0.717, 1.165) is 39.8 Å². The molecular weight excluding hydrogens is 362 g/mol. The van der Waals surface area contributed by atoms with Crippen molar-refractivity contribution in [3.63, 3.8) is 0 Å². The summed E-state index contributed by atoms with van der Waals surface area (Å²) < 4.78 is 12.8. The van der Waals surface area contributed by atoms with Crippen molar-refractivity contribution in [2.24, 2.45) is 0 Å². The third-order valence-corrected chi connectivity index (χ3v) is 5.58. The second-order valence-electron chi connectivity index (χ2n) is 6.29. The molecule has 0 fully saturated rings. The Balaban J connectivity index is 1.41. The lowest BCUT2D eigenvalue weighted by atomic mass is 10.2. The van der Waals surface area contributed by atoms with Crippen LogP contribution in [0.25, 0.3) is 11.0 Å². The predicted molar refractivity (Wildman–Crippen MR) is 105 cm³/mol. The van der Waals surface area contributed by atoms with E-state index >= 15 is 0 Å². The van der Waals surface area contributed by atoms with Gasteiger partial charge in [0.25, 0.3) is 0 Å². The van der Waals surface area contributed by atoms with Crippen LogP contribution in [0.15, 0.2) is 47.6 Å². The van der Waals surface area contributed by atoms with Gasteiger partial charge in [-0.3, -0.25) is 4.79 Å². The third kappa shape index (κ3) is 3.60. The molecule has 7 heteroatoms. The minimum atomic E-state index is -0.249. The van der Waals surface area contributed by atoms with Crippen molar-refractivity contribution in [2.75, 3.05) is 6.79 Å². The smallest absolute Gasteiger partial charge is 0.233 e. The zero-order valence-corrected chi connectivity index (χ0v) is 16.1. The van der Waals surface area contributed by atoms with Gasteiger partial charge in [-0.1, -0.05) is 30.0 Å². The van der Waals surface area contributed by atoms with Crippen LogP contribution in [0.5, 0.6) is 11.5 Å². The van der Waals surface area contributed by atoms with Gasteiger partial charge in [0.05, 0.1) is 16.3 Å². The minimum Gasteiger partial charge on any atom is -0.454 e. The molecule has 2 aromatic carbocycles. The van der Waals surface area contributed by atoms with Gasteiger partial charge < -0.3 is 19.4 Å². The molecule has 1 aromatic heterocycles. The Morgan fingerprint density at radius 3 is 2.93 bits per heavy atom. The van der Waals surface area contributed by atoms with Crippen LogP contribution in [-0.4, -0.2) is 27.5 Å². The monoisotopic (exact) mass is 383 g/mol. The van der Waals surface area contributed by atoms with E-state index in [4.69, 9.17) is 9.47 Å². The Bertz CT molecular complexity index is 986. The molecule has 0 radical (unpaired) electrons. The number of para-hydroxylation sites is 2. The second kappa shape index (κ2) is 7.52. The van der Waals surface area contributed by atoms with Gasteiger partial charge in [0.1, 0.15) is 0 Å². The third-order valence-electron chi connectivity index (χ3n) is 4.49. The van der Waals surface area contributed by atoms with E-state index < -0.39 is 0 Å². The number of nitrogens with zero attached hydrogens (tertiary/aromatic N) is 2. The quantitative estimate of drug-likeness (QED) is 0.659. The molecule has 140 valence electrons. The van der Waals surface area contributed by atoms with Crippen molar-refractivity contribution in [1.82, 2.24) is 14.9 Å². The number of carbonyl (C=O) groups excluding carboxylic acids is 1. The number of amides is 1. The van der Waals surface area contributed by atoms with Gasteiger partial charge in [0.15, 0.2) is 16.7 Å². The molecule has 0 saturated heterocycles. The number of nitrogens with one attached hydrogen (secondary N) is 1. The first-order chi connectivity index (χ1) is 13.2. The lowest BCUT2D eigenvalue weighted by Gasteiger charge is -2.13. The minimum absolute atomic E-state index is 0.0209. The SMILES string of the molecule is CCn1c(S[C@@H](C)C(=O)NCc2ccc3c(c2)OCO3)nc2ccccc21. The van der Waals surface area contributed by atoms with Crippen LogP contribution < -0.4 is 14.8 Å². The first kappa shape index (κ1) is 17.7. The molecular formula is C20H21N3O3S. The van der Waals surface area contributed by atoms with E-state index in [2.05, 4.69) is 27.9 Å². The summed E-state index contributed by atoms with van der Waals surface area (Å²) in [5.74, 6) is 1.45. The Morgan fingerprint density at radius 2 is 2.07 bits per heavy atom. The fourth-order valence-corrected chi connectivity index (χ4v) is 4.06. The molecule has 0 saturated carbocycles. The van der Waals surface area contributed by atoms with Gasteiger partial charge in [-0.05, 0) is 43.7 Å². The summed E-state index contributed by atoms with van der Waals surface area (Å²) >= 11 is 1.48. The van der Waals surface area contributed by atoms with Crippen molar-refractivity contribution in [3.8, 4) is 11.5 Å². The molecule has 2 heterocycles. The van der Waals surface area contributed by atoms with E-state index in [0.29, 0.717) is 6.54 Å². The zero-order chi connectivity index (χ0) is 18.8. The maximum Gasteiger partial charge on any atom is 0.233 e. The van der Waals surface area contributed by atoms with E-state index in [9.17, 15) is 4.79 Å². The molecule has 1 amide bonds. The fraction of sp³-hybridized carbons (Fsp3) is 0.300. The fourth-order valence-electron chi connectivity index (χ4n) is 3.04. The van der Waals surface area contributed by atoms with Crippen LogP contribution >= 0.6 is 11.8 Å². The summed E-state index contributed by atoms with van der Waals surface area (Å²) in [6, 6.07) is 13.7. The van der Waals surface area contributed by atoms with Gasteiger partial charge in [-0.15, -0.1) is 0 Å². The predicted octanol–water partition coefficient (Wildman–Crippen LogP) is 3.58. The summed E-state index contributed by atoms with van der Waals surface area (Å²) in [6.45, 7) is 5.50.